The van der Waals surface area contributed by atoms with Crippen LogP contribution in [-0.4, -0.2) is 48.1 Å². The molecule has 6 nitrogen and oxygen atoms in total. The normalized spacial score (nSPS) is 14.9. The third-order valence-electron chi connectivity index (χ3n) is 7.38. The number of piperidine rings is 1. The van der Waals surface area contributed by atoms with Gasteiger partial charge in [0, 0.05) is 44.2 Å². The minimum absolute atomic E-state index is 0.126. The predicted octanol–water partition coefficient (Wildman–Crippen LogP) is 4.08. The molecular weight excluding hydrogens is 448 g/mol. The van der Waals surface area contributed by atoms with Gasteiger partial charge in [-0.2, -0.15) is 0 Å². The number of fused-ring (bicyclic) bond motifs is 2. The topological polar surface area (TPSA) is 66.4 Å². The first-order valence-corrected chi connectivity index (χ1v) is 12.8. The van der Waals surface area contributed by atoms with Gasteiger partial charge in [0.15, 0.2) is 0 Å². The summed E-state index contributed by atoms with van der Waals surface area (Å²) in [6.07, 6.45) is 2.19. The van der Waals surface area contributed by atoms with Crippen LogP contribution in [0.2, 0.25) is 0 Å². The van der Waals surface area contributed by atoms with E-state index in [-0.39, 0.29) is 11.5 Å². The number of hydrogen-bond donors (Lipinski definition) is 2. The van der Waals surface area contributed by atoms with Gasteiger partial charge in [0.05, 0.1) is 11.1 Å². The molecule has 2 heterocycles. The number of carbonyl (C=O) groups is 1. The molecule has 0 radical (unpaired) electrons. The summed E-state index contributed by atoms with van der Waals surface area (Å²) in [7, 11) is 1.59. The number of aromatic nitrogens is 1. The van der Waals surface area contributed by atoms with Crippen molar-refractivity contribution in [2.24, 2.45) is 0 Å². The van der Waals surface area contributed by atoms with Crippen molar-refractivity contribution < 1.29 is 4.79 Å². The number of rotatable bonds is 7. The van der Waals surface area contributed by atoms with Crippen LogP contribution in [0.25, 0.3) is 21.7 Å². The van der Waals surface area contributed by atoms with Crippen LogP contribution >= 0.6 is 0 Å². The van der Waals surface area contributed by atoms with E-state index >= 15 is 0 Å². The van der Waals surface area contributed by atoms with Gasteiger partial charge < -0.3 is 20.1 Å². The lowest BCUT2D eigenvalue weighted by molar-refractivity contribution is 0.0964. The maximum absolute atomic E-state index is 13.0. The van der Waals surface area contributed by atoms with Crippen LogP contribution in [0.15, 0.2) is 71.5 Å². The Kier molecular flexibility index (Phi) is 7.16. The zero-order valence-electron chi connectivity index (χ0n) is 21.1. The van der Waals surface area contributed by atoms with Crippen LogP contribution in [0.4, 0.5) is 0 Å². The molecule has 0 spiro atoms. The van der Waals surface area contributed by atoms with Gasteiger partial charge in [-0.15, -0.1) is 0 Å². The molecular formula is C30H34N4O2. The summed E-state index contributed by atoms with van der Waals surface area (Å²) < 4.78 is 1.82. The fraction of sp³-hybridized carbons (Fsp3) is 0.333. The fourth-order valence-corrected chi connectivity index (χ4v) is 5.26. The van der Waals surface area contributed by atoms with Gasteiger partial charge in [0.2, 0.25) is 0 Å². The summed E-state index contributed by atoms with van der Waals surface area (Å²) in [5.41, 5.74) is 3.53. The summed E-state index contributed by atoms with van der Waals surface area (Å²) in [5.74, 6) is -0.230. The average molecular weight is 483 g/mol. The second kappa shape index (κ2) is 10.6. The largest absolute Gasteiger partial charge is 0.355 e. The molecule has 0 atom stereocenters. The molecule has 1 aromatic heterocycles. The maximum atomic E-state index is 13.0. The Morgan fingerprint density at radius 2 is 1.72 bits per heavy atom. The Morgan fingerprint density at radius 3 is 2.50 bits per heavy atom. The van der Waals surface area contributed by atoms with Gasteiger partial charge in [-0.25, -0.2) is 0 Å². The van der Waals surface area contributed by atoms with E-state index in [1.165, 1.54) is 22.4 Å². The van der Waals surface area contributed by atoms with E-state index in [4.69, 9.17) is 0 Å². The lowest BCUT2D eigenvalue weighted by Crippen LogP contribution is -2.43. The van der Waals surface area contributed by atoms with E-state index in [1.807, 2.05) is 29.7 Å². The van der Waals surface area contributed by atoms with Crippen molar-refractivity contribution in [3.8, 4) is 0 Å². The third kappa shape index (κ3) is 5.20. The van der Waals surface area contributed by atoms with Gasteiger partial charge in [-0.05, 0) is 66.9 Å². The summed E-state index contributed by atoms with van der Waals surface area (Å²) in [4.78, 5) is 27.7. The summed E-state index contributed by atoms with van der Waals surface area (Å²) in [6.45, 7) is 6.35. The van der Waals surface area contributed by atoms with Gasteiger partial charge in [0.1, 0.15) is 0 Å². The Bertz CT molecular complexity index is 1450. The van der Waals surface area contributed by atoms with E-state index in [1.54, 1.807) is 7.05 Å². The Balaban J connectivity index is 1.19. The lowest BCUT2D eigenvalue weighted by Gasteiger charge is -2.32. The van der Waals surface area contributed by atoms with Crippen molar-refractivity contribution in [1.29, 1.82) is 0 Å². The highest BCUT2D eigenvalue weighted by Gasteiger charge is 2.20. The molecule has 186 valence electrons. The molecule has 1 fully saturated rings. The van der Waals surface area contributed by atoms with Crippen LogP contribution in [0.5, 0.6) is 0 Å². The number of carbonyl (C=O) groups excluding carboxylic acids is 1. The van der Waals surface area contributed by atoms with Crippen LogP contribution in [0.3, 0.4) is 0 Å². The standard InChI is InChI=1S/C30H34N4O2/c1-21-7-10-26-27(30(36)31-2)19-29(35)34(28(26)17-21)16-15-33-13-11-25(12-14-33)32-20-22-8-9-23-5-3-4-6-24(23)18-22/h3-10,17-19,25,32H,11-16,20H2,1-2H3,(H,31,36). The minimum atomic E-state index is -0.230. The van der Waals surface area contributed by atoms with Crippen molar-refractivity contribution >= 4 is 27.6 Å². The molecule has 1 aliphatic heterocycles. The van der Waals surface area contributed by atoms with Gasteiger partial charge in [-0.3, -0.25) is 9.59 Å². The van der Waals surface area contributed by atoms with E-state index in [0.717, 1.165) is 55.5 Å². The number of amides is 1. The highest BCUT2D eigenvalue weighted by atomic mass is 16.2. The van der Waals surface area contributed by atoms with Crippen molar-refractivity contribution in [2.75, 3.05) is 26.7 Å². The number of benzene rings is 3. The molecule has 6 heteroatoms. The second-order valence-electron chi connectivity index (χ2n) is 9.83. The number of hydrogen-bond acceptors (Lipinski definition) is 4. The van der Waals surface area contributed by atoms with Crippen molar-refractivity contribution in [3.05, 3.63) is 93.8 Å². The van der Waals surface area contributed by atoms with E-state index in [2.05, 4.69) is 58.0 Å². The molecule has 36 heavy (non-hydrogen) atoms. The number of likely N-dealkylation sites (tertiary alicyclic amines) is 1. The smallest absolute Gasteiger partial charge is 0.251 e. The molecule has 4 aromatic rings. The van der Waals surface area contributed by atoms with Gasteiger partial charge in [-0.1, -0.05) is 48.5 Å². The Labute approximate surface area is 211 Å². The highest BCUT2D eigenvalue weighted by Crippen LogP contribution is 2.20. The fourth-order valence-electron chi connectivity index (χ4n) is 5.26. The van der Waals surface area contributed by atoms with Gasteiger partial charge >= 0.3 is 0 Å². The average Bonchev–Trinajstić information content (AvgIpc) is 2.91. The highest BCUT2D eigenvalue weighted by molar-refractivity contribution is 6.06. The van der Waals surface area contributed by atoms with Crippen LogP contribution < -0.4 is 16.2 Å². The second-order valence-corrected chi connectivity index (χ2v) is 9.83. The number of nitrogens with zero attached hydrogens (tertiary/aromatic N) is 2. The molecule has 0 aliphatic carbocycles. The first kappa shape index (κ1) is 24.2. The molecule has 0 saturated carbocycles. The Morgan fingerprint density at radius 1 is 0.944 bits per heavy atom. The Hall–Kier alpha value is -3.48. The molecule has 1 amide bonds. The van der Waals surface area contributed by atoms with Crippen molar-refractivity contribution in [2.45, 2.75) is 38.9 Å². The third-order valence-corrected chi connectivity index (χ3v) is 7.38. The van der Waals surface area contributed by atoms with Gasteiger partial charge in [0.25, 0.3) is 11.5 Å². The zero-order valence-corrected chi connectivity index (χ0v) is 21.1. The summed E-state index contributed by atoms with van der Waals surface area (Å²) in [6, 6.07) is 23.1. The van der Waals surface area contributed by atoms with Crippen LogP contribution in [0, 0.1) is 6.92 Å². The molecule has 2 N–H and O–H groups in total. The quantitative estimate of drug-likeness (QED) is 0.417. The van der Waals surface area contributed by atoms with E-state index in [0.29, 0.717) is 18.2 Å². The number of aryl methyl sites for hydroxylation is 1. The van der Waals surface area contributed by atoms with Crippen LogP contribution in [-0.2, 0) is 13.1 Å². The SMILES string of the molecule is CNC(=O)c1cc(=O)n(CCN2CCC(NCc3ccc4ccccc4c3)CC2)c2cc(C)ccc12. The van der Waals surface area contributed by atoms with E-state index < -0.39 is 0 Å². The molecule has 0 unspecified atom stereocenters. The molecule has 1 aliphatic rings. The molecule has 1 saturated heterocycles. The maximum Gasteiger partial charge on any atom is 0.251 e. The summed E-state index contributed by atoms with van der Waals surface area (Å²) >= 11 is 0. The first-order valence-electron chi connectivity index (χ1n) is 12.8. The minimum Gasteiger partial charge on any atom is -0.355 e. The number of pyridine rings is 1. The summed E-state index contributed by atoms with van der Waals surface area (Å²) in [5, 5.41) is 9.77. The number of nitrogens with one attached hydrogen (secondary N) is 2. The lowest BCUT2D eigenvalue weighted by atomic mass is 10.0. The zero-order chi connectivity index (χ0) is 25.1. The van der Waals surface area contributed by atoms with Crippen LogP contribution in [0.1, 0.15) is 34.3 Å². The monoisotopic (exact) mass is 482 g/mol. The van der Waals surface area contributed by atoms with Crippen molar-refractivity contribution in [1.82, 2.24) is 20.1 Å². The predicted molar refractivity (Wildman–Crippen MR) is 147 cm³/mol. The first-order chi connectivity index (χ1) is 17.5. The molecule has 3 aromatic carbocycles. The molecule has 0 bridgehead atoms. The van der Waals surface area contributed by atoms with E-state index in [9.17, 15) is 9.59 Å². The van der Waals surface area contributed by atoms with Crippen molar-refractivity contribution in [3.63, 3.8) is 0 Å². The molecule has 5 rings (SSSR count).